The summed E-state index contributed by atoms with van der Waals surface area (Å²) in [5, 5.41) is 1.84. The first-order chi connectivity index (χ1) is 16.2. The van der Waals surface area contributed by atoms with Crippen molar-refractivity contribution in [3.05, 3.63) is 46.9 Å². The number of carbonyl (C=O) groups excluding carboxylic acids is 1. The molecule has 0 atom stereocenters. The minimum atomic E-state index is -4.53. The fourth-order valence-corrected chi connectivity index (χ4v) is 4.45. The molecule has 2 N–H and O–H groups in total. The van der Waals surface area contributed by atoms with Crippen LogP contribution in [-0.2, 0) is 7.05 Å². The molecule has 3 aromatic heterocycles. The number of para-hydroxylation sites is 2. The summed E-state index contributed by atoms with van der Waals surface area (Å²) in [7, 11) is 1.52. The zero-order valence-corrected chi connectivity index (χ0v) is 18.1. The third kappa shape index (κ3) is 3.86. The largest absolute Gasteiger partial charge is 0.405 e. The number of hydrogen-bond acceptors (Lipinski definition) is 6. The van der Waals surface area contributed by atoms with Crippen molar-refractivity contribution in [2.24, 2.45) is 7.05 Å². The first-order valence-corrected chi connectivity index (χ1v) is 10.7. The summed E-state index contributed by atoms with van der Waals surface area (Å²) in [4.78, 5) is 42.5. The first kappa shape index (κ1) is 21.9. The second kappa shape index (κ2) is 8.15. The highest BCUT2D eigenvalue weighted by Gasteiger charge is 2.30. The van der Waals surface area contributed by atoms with Crippen LogP contribution in [0, 0.1) is 0 Å². The summed E-state index contributed by atoms with van der Waals surface area (Å²) >= 11 is 0. The monoisotopic (exact) mass is 474 g/mol. The summed E-state index contributed by atoms with van der Waals surface area (Å²) in [6.45, 7) is -0.294. The van der Waals surface area contributed by atoms with E-state index in [0.717, 1.165) is 11.0 Å². The molecule has 4 aromatic rings. The molecule has 0 bridgehead atoms. The lowest BCUT2D eigenvalue weighted by Gasteiger charge is -2.33. The third-order valence-corrected chi connectivity index (χ3v) is 6.04. The van der Waals surface area contributed by atoms with Crippen LogP contribution in [0.1, 0.15) is 29.5 Å². The molecule has 1 saturated heterocycles. The number of benzene rings is 1. The van der Waals surface area contributed by atoms with E-state index in [1.54, 1.807) is 4.57 Å². The number of carbonyl (C=O) groups is 1. The average molecular weight is 474 g/mol. The van der Waals surface area contributed by atoms with Gasteiger partial charge in [0.2, 0.25) is 5.82 Å². The van der Waals surface area contributed by atoms with Crippen molar-refractivity contribution in [2.75, 3.05) is 24.5 Å². The predicted octanol–water partition coefficient (Wildman–Crippen LogP) is 2.14. The Morgan fingerprint density at radius 3 is 2.68 bits per heavy atom. The van der Waals surface area contributed by atoms with Crippen molar-refractivity contribution >= 4 is 33.9 Å². The van der Waals surface area contributed by atoms with Crippen molar-refractivity contribution < 1.29 is 18.0 Å². The van der Waals surface area contributed by atoms with Crippen LogP contribution in [0.4, 0.5) is 19.0 Å². The highest BCUT2D eigenvalue weighted by atomic mass is 19.4. The molecule has 178 valence electrons. The second-order valence-electron chi connectivity index (χ2n) is 8.20. The van der Waals surface area contributed by atoms with Crippen LogP contribution in [0.15, 0.2) is 35.4 Å². The Balaban J connectivity index is 1.39. The standard InChI is InChI=1S/C21H21F3N8O2/c1-30-16-15(29-18(30)19(33)25-10-21(22,23)24)17(27-11-26-16)31-8-6-12(7-9-31)32-14-5-3-2-4-13(14)28-20(32)34/h2-5,11-12H,6-10H2,1H3,(H,25,33)(H,28,34). The van der Waals surface area contributed by atoms with Crippen molar-refractivity contribution in [3.63, 3.8) is 0 Å². The van der Waals surface area contributed by atoms with Gasteiger partial charge in [0.15, 0.2) is 17.0 Å². The fourth-order valence-electron chi connectivity index (χ4n) is 4.45. The molecule has 5 rings (SSSR count). The maximum Gasteiger partial charge on any atom is 0.405 e. The van der Waals surface area contributed by atoms with E-state index in [4.69, 9.17) is 0 Å². The predicted molar refractivity (Wildman–Crippen MR) is 118 cm³/mol. The number of amides is 1. The van der Waals surface area contributed by atoms with E-state index in [1.807, 2.05) is 34.5 Å². The highest BCUT2D eigenvalue weighted by Crippen LogP contribution is 2.30. The van der Waals surface area contributed by atoms with Crippen molar-refractivity contribution in [3.8, 4) is 0 Å². The molecule has 0 saturated carbocycles. The van der Waals surface area contributed by atoms with Crippen LogP contribution in [0.3, 0.4) is 0 Å². The summed E-state index contributed by atoms with van der Waals surface area (Å²) in [5.74, 6) is -0.623. The Hall–Kier alpha value is -3.90. The minimum absolute atomic E-state index is 0.00432. The number of H-pyrrole nitrogens is 1. The Labute approximate surface area is 190 Å². The van der Waals surface area contributed by atoms with Gasteiger partial charge in [0.1, 0.15) is 12.9 Å². The van der Waals surface area contributed by atoms with Crippen LogP contribution >= 0.6 is 0 Å². The van der Waals surface area contributed by atoms with E-state index in [9.17, 15) is 22.8 Å². The molecule has 4 heterocycles. The number of imidazole rings is 2. The van der Waals surface area contributed by atoms with Crippen LogP contribution in [-0.4, -0.2) is 60.8 Å². The number of aryl methyl sites for hydroxylation is 1. The lowest BCUT2D eigenvalue weighted by molar-refractivity contribution is -0.123. The number of hydrogen-bond donors (Lipinski definition) is 2. The van der Waals surface area contributed by atoms with Crippen molar-refractivity contribution in [1.82, 2.24) is 34.4 Å². The maximum absolute atomic E-state index is 12.5. The maximum atomic E-state index is 12.5. The smallest absolute Gasteiger partial charge is 0.355 e. The zero-order chi connectivity index (χ0) is 24.0. The number of piperidine rings is 1. The summed E-state index contributed by atoms with van der Waals surface area (Å²) in [6, 6.07) is 7.54. The molecule has 0 aliphatic carbocycles. The van der Waals surface area contributed by atoms with Gasteiger partial charge in [0, 0.05) is 26.2 Å². The van der Waals surface area contributed by atoms with Gasteiger partial charge in [0.25, 0.3) is 5.91 Å². The van der Waals surface area contributed by atoms with Gasteiger partial charge in [-0.3, -0.25) is 9.36 Å². The summed E-state index contributed by atoms with van der Waals surface area (Å²) in [5.41, 5.74) is 2.18. The van der Waals surface area contributed by atoms with E-state index < -0.39 is 18.6 Å². The molecule has 1 aliphatic heterocycles. The lowest BCUT2D eigenvalue weighted by atomic mass is 10.0. The Morgan fingerprint density at radius 2 is 1.94 bits per heavy atom. The van der Waals surface area contributed by atoms with Gasteiger partial charge in [-0.25, -0.2) is 19.7 Å². The fraction of sp³-hybridized carbons (Fsp3) is 0.381. The SMILES string of the molecule is Cn1c(C(=O)NCC(F)(F)F)nc2c(N3CCC(n4c(=O)[nH]c5ccccc54)CC3)ncnc21. The van der Waals surface area contributed by atoms with Crippen molar-refractivity contribution in [2.45, 2.75) is 25.1 Å². The number of alkyl halides is 3. The first-order valence-electron chi connectivity index (χ1n) is 10.7. The van der Waals surface area contributed by atoms with Crippen LogP contribution in [0.25, 0.3) is 22.2 Å². The molecule has 1 amide bonds. The van der Waals surface area contributed by atoms with Gasteiger partial charge in [-0.1, -0.05) is 12.1 Å². The third-order valence-electron chi connectivity index (χ3n) is 6.04. The Bertz CT molecular complexity index is 1430. The van der Waals surface area contributed by atoms with E-state index in [0.29, 0.717) is 42.9 Å². The number of rotatable bonds is 4. The highest BCUT2D eigenvalue weighted by molar-refractivity contribution is 5.96. The Kier molecular flexibility index (Phi) is 5.25. The molecule has 1 aromatic carbocycles. The summed E-state index contributed by atoms with van der Waals surface area (Å²) in [6.07, 6.45) is -1.83. The van der Waals surface area contributed by atoms with Gasteiger partial charge in [-0.2, -0.15) is 13.2 Å². The molecule has 34 heavy (non-hydrogen) atoms. The molecular weight excluding hydrogens is 453 g/mol. The topological polar surface area (TPSA) is 114 Å². The lowest BCUT2D eigenvalue weighted by Crippen LogP contribution is -2.37. The molecule has 1 aliphatic rings. The minimum Gasteiger partial charge on any atom is -0.355 e. The molecular formula is C21H21F3N8O2. The molecule has 0 unspecified atom stereocenters. The number of anilines is 1. The number of fused-ring (bicyclic) bond motifs is 2. The van der Waals surface area contributed by atoms with E-state index in [2.05, 4.69) is 19.9 Å². The number of aromatic amines is 1. The quantitative estimate of drug-likeness (QED) is 0.469. The number of aromatic nitrogens is 6. The van der Waals surface area contributed by atoms with Crippen molar-refractivity contribution in [1.29, 1.82) is 0 Å². The van der Waals surface area contributed by atoms with Gasteiger partial charge in [-0.15, -0.1) is 0 Å². The molecule has 0 spiro atoms. The van der Waals surface area contributed by atoms with Gasteiger partial charge >= 0.3 is 11.9 Å². The van der Waals surface area contributed by atoms with Gasteiger partial charge in [0.05, 0.1) is 11.0 Å². The zero-order valence-electron chi connectivity index (χ0n) is 18.1. The number of nitrogens with zero attached hydrogens (tertiary/aromatic N) is 6. The molecule has 13 heteroatoms. The van der Waals surface area contributed by atoms with Crippen LogP contribution in [0.5, 0.6) is 0 Å². The second-order valence-corrected chi connectivity index (χ2v) is 8.20. The summed E-state index contributed by atoms with van der Waals surface area (Å²) < 4.78 is 40.6. The normalized spacial score (nSPS) is 15.4. The van der Waals surface area contributed by atoms with Crippen LogP contribution in [0.2, 0.25) is 0 Å². The number of halogens is 3. The number of nitrogens with one attached hydrogen (secondary N) is 2. The molecule has 1 fully saturated rings. The average Bonchev–Trinajstić information content (AvgIpc) is 3.33. The van der Waals surface area contributed by atoms with E-state index in [1.165, 1.54) is 17.9 Å². The van der Waals surface area contributed by atoms with E-state index in [-0.39, 0.29) is 17.6 Å². The van der Waals surface area contributed by atoms with E-state index >= 15 is 0 Å². The Morgan fingerprint density at radius 1 is 1.21 bits per heavy atom. The van der Waals surface area contributed by atoms with Gasteiger partial charge in [-0.05, 0) is 25.0 Å². The molecule has 0 radical (unpaired) electrons. The van der Waals surface area contributed by atoms with Crippen LogP contribution < -0.4 is 15.9 Å². The van der Waals surface area contributed by atoms with Gasteiger partial charge < -0.3 is 19.8 Å². The molecule has 10 nitrogen and oxygen atoms in total.